The van der Waals surface area contributed by atoms with Crippen LogP contribution in [0.2, 0.25) is 0 Å². The van der Waals surface area contributed by atoms with Gasteiger partial charge in [-0.3, -0.25) is 24.2 Å². The van der Waals surface area contributed by atoms with Gasteiger partial charge < -0.3 is 49.0 Å². The Bertz CT molecular complexity index is 1220. The summed E-state index contributed by atoms with van der Waals surface area (Å²) in [5.74, 6) is -4.31. The van der Waals surface area contributed by atoms with Crippen LogP contribution in [0.3, 0.4) is 0 Å². The molecule has 228 valence electrons. The van der Waals surface area contributed by atoms with E-state index in [0.717, 1.165) is 5.56 Å². The molecule has 16 heteroatoms. The number of carboxylic acids is 1. The lowest BCUT2D eigenvalue weighted by molar-refractivity contribution is -0.142. The number of nitrogens with zero attached hydrogens (tertiary/aromatic N) is 2. The zero-order valence-electron chi connectivity index (χ0n) is 23.0. The largest absolute Gasteiger partial charge is 0.480 e. The first-order valence-corrected chi connectivity index (χ1v) is 13.2. The lowest BCUT2D eigenvalue weighted by atomic mass is 10.0. The second kappa shape index (κ2) is 17.0. The van der Waals surface area contributed by atoms with Gasteiger partial charge in [-0.05, 0) is 24.8 Å². The highest BCUT2D eigenvalue weighted by atomic mass is 16.4. The molecule has 1 aromatic heterocycles. The number of guanidine groups is 1. The van der Waals surface area contributed by atoms with E-state index in [1.807, 2.05) is 0 Å². The van der Waals surface area contributed by atoms with Gasteiger partial charge in [0.15, 0.2) is 5.96 Å². The number of benzene rings is 1. The van der Waals surface area contributed by atoms with Crippen LogP contribution in [0.5, 0.6) is 0 Å². The number of carboxylic acid groups (broad SMARTS) is 1. The maximum Gasteiger partial charge on any atom is 0.326 e. The van der Waals surface area contributed by atoms with Crippen molar-refractivity contribution in [3.05, 3.63) is 54.1 Å². The first-order valence-electron chi connectivity index (χ1n) is 13.2. The number of nitrogens with one attached hydrogen (secondary N) is 4. The fraction of sp³-hybridized carbons (Fsp3) is 0.423. The quantitative estimate of drug-likeness (QED) is 0.0498. The lowest BCUT2D eigenvalue weighted by Crippen LogP contribution is -2.58. The summed E-state index contributed by atoms with van der Waals surface area (Å²) < 4.78 is 0. The van der Waals surface area contributed by atoms with Gasteiger partial charge in [0, 0.05) is 37.7 Å². The summed E-state index contributed by atoms with van der Waals surface area (Å²) in [6, 6.07) is 4.09. The van der Waals surface area contributed by atoms with E-state index in [2.05, 4.69) is 30.9 Å². The molecule has 0 aliphatic rings. The Labute approximate surface area is 242 Å². The number of imidazole rings is 1. The number of carbonyl (C=O) groups excluding carboxylic acids is 4. The number of carbonyl (C=O) groups is 5. The number of H-pyrrole nitrogens is 1. The number of primary amides is 1. The molecule has 0 aliphatic carbocycles. The van der Waals surface area contributed by atoms with Gasteiger partial charge in [0.2, 0.25) is 23.6 Å². The minimum atomic E-state index is -1.43. The molecule has 0 aliphatic heterocycles. The maximum absolute atomic E-state index is 13.5. The van der Waals surface area contributed by atoms with E-state index < -0.39 is 53.8 Å². The Morgan fingerprint density at radius 3 is 2.07 bits per heavy atom. The maximum atomic E-state index is 13.5. The molecule has 0 saturated carbocycles. The number of rotatable bonds is 18. The number of hydrogen-bond acceptors (Lipinski definition) is 8. The van der Waals surface area contributed by atoms with E-state index in [0.29, 0.717) is 12.1 Å². The number of nitrogens with two attached hydrogens (primary N) is 4. The average Bonchev–Trinajstić information content (AvgIpc) is 3.45. The van der Waals surface area contributed by atoms with E-state index in [-0.39, 0.29) is 44.6 Å². The minimum Gasteiger partial charge on any atom is -0.480 e. The van der Waals surface area contributed by atoms with Crippen LogP contribution in [0, 0.1) is 0 Å². The molecule has 0 bridgehead atoms. The Balaban J connectivity index is 2.22. The van der Waals surface area contributed by atoms with Crippen molar-refractivity contribution in [2.45, 2.75) is 62.7 Å². The molecule has 4 atom stereocenters. The average molecular weight is 587 g/mol. The fourth-order valence-corrected chi connectivity index (χ4v) is 3.90. The molecule has 0 spiro atoms. The van der Waals surface area contributed by atoms with Crippen LogP contribution < -0.4 is 38.9 Å². The molecule has 16 nitrogen and oxygen atoms in total. The van der Waals surface area contributed by atoms with Crippen molar-refractivity contribution < 1.29 is 29.1 Å². The van der Waals surface area contributed by atoms with Crippen LogP contribution in [0.15, 0.2) is 47.8 Å². The first kappa shape index (κ1) is 33.2. The molecule has 1 heterocycles. The zero-order chi connectivity index (χ0) is 31.1. The molecule has 0 fully saturated rings. The van der Waals surface area contributed by atoms with Crippen LogP contribution in [0.25, 0.3) is 0 Å². The predicted molar refractivity (Wildman–Crippen MR) is 152 cm³/mol. The van der Waals surface area contributed by atoms with Crippen LogP contribution in [0.1, 0.15) is 36.9 Å². The molecular weight excluding hydrogens is 548 g/mol. The zero-order valence-corrected chi connectivity index (χ0v) is 23.0. The Kier molecular flexibility index (Phi) is 13.4. The summed E-state index contributed by atoms with van der Waals surface area (Å²) in [4.78, 5) is 73.0. The van der Waals surface area contributed by atoms with Crippen molar-refractivity contribution in [3.63, 3.8) is 0 Å². The Morgan fingerprint density at radius 1 is 0.881 bits per heavy atom. The smallest absolute Gasteiger partial charge is 0.326 e. The van der Waals surface area contributed by atoms with Gasteiger partial charge in [-0.1, -0.05) is 30.3 Å². The highest BCUT2D eigenvalue weighted by Crippen LogP contribution is 2.08. The third kappa shape index (κ3) is 12.0. The van der Waals surface area contributed by atoms with Crippen LogP contribution in [0.4, 0.5) is 0 Å². The molecule has 4 amide bonds. The highest BCUT2D eigenvalue weighted by Gasteiger charge is 2.31. The SMILES string of the molecule is NC(=O)CCC(NC(=O)C(Cc1cnc[nH]1)NC(=O)C(Cc1ccccc1)NC(=O)C(N)CCCN=C(N)N)C(=O)O. The van der Waals surface area contributed by atoms with E-state index in [1.165, 1.54) is 12.5 Å². The summed E-state index contributed by atoms with van der Waals surface area (Å²) in [6.45, 7) is 0.276. The molecular formula is C26H38N10O6. The number of amides is 4. The number of aromatic amines is 1. The van der Waals surface area contributed by atoms with Gasteiger partial charge in [0.25, 0.3) is 0 Å². The van der Waals surface area contributed by atoms with Crippen LogP contribution in [-0.4, -0.2) is 81.3 Å². The van der Waals surface area contributed by atoms with E-state index in [1.54, 1.807) is 30.3 Å². The second-order valence-corrected chi connectivity index (χ2v) is 9.55. The summed E-state index contributed by atoms with van der Waals surface area (Å²) in [7, 11) is 0. The monoisotopic (exact) mass is 586 g/mol. The van der Waals surface area contributed by atoms with Gasteiger partial charge in [0.1, 0.15) is 18.1 Å². The summed E-state index contributed by atoms with van der Waals surface area (Å²) in [5.41, 5.74) is 23.0. The van der Waals surface area contributed by atoms with Crippen LogP contribution in [-0.2, 0) is 36.8 Å². The van der Waals surface area contributed by atoms with Gasteiger partial charge in [0.05, 0.1) is 12.4 Å². The standard InChI is InChI=1S/C26H38N10O6/c27-17(7-4-10-32-26(29)30)22(38)35-19(11-15-5-2-1-3-6-15)23(39)36-20(12-16-13-31-14-33-16)24(40)34-18(25(41)42)8-9-21(28)37/h1-3,5-6,13-14,17-20H,4,7-12,27H2,(H2,28,37)(H,31,33)(H,34,40)(H,35,38)(H,36,39)(H,41,42)(H4,29,30,32). The van der Waals surface area contributed by atoms with Gasteiger partial charge in [-0.2, -0.15) is 0 Å². The molecule has 0 saturated heterocycles. The van der Waals surface area contributed by atoms with E-state index in [4.69, 9.17) is 22.9 Å². The van der Waals surface area contributed by atoms with Gasteiger partial charge in [-0.25, -0.2) is 9.78 Å². The van der Waals surface area contributed by atoms with Gasteiger partial charge >= 0.3 is 5.97 Å². The minimum absolute atomic E-state index is 0.0734. The summed E-state index contributed by atoms with van der Waals surface area (Å²) in [5, 5.41) is 17.1. The first-order chi connectivity index (χ1) is 20.0. The lowest BCUT2D eigenvalue weighted by Gasteiger charge is -2.25. The Hall–Kier alpha value is -4.99. The second-order valence-electron chi connectivity index (χ2n) is 9.55. The van der Waals surface area contributed by atoms with Crippen molar-refractivity contribution >= 4 is 35.6 Å². The molecule has 1 aromatic carbocycles. The van der Waals surface area contributed by atoms with Crippen LogP contribution >= 0.6 is 0 Å². The summed E-state index contributed by atoms with van der Waals surface area (Å²) >= 11 is 0. The number of aliphatic carboxylic acids is 1. The molecule has 2 rings (SSSR count). The summed E-state index contributed by atoms with van der Waals surface area (Å²) in [6.07, 6.45) is 2.99. The third-order valence-electron chi connectivity index (χ3n) is 6.13. The molecule has 4 unspecified atom stereocenters. The number of aliphatic imine (C=N–C) groups is 1. The third-order valence-corrected chi connectivity index (χ3v) is 6.13. The molecule has 42 heavy (non-hydrogen) atoms. The molecule has 13 N–H and O–H groups in total. The van der Waals surface area contributed by atoms with E-state index in [9.17, 15) is 29.1 Å². The number of aromatic nitrogens is 2. The normalized spacial score (nSPS) is 13.5. The molecule has 0 radical (unpaired) electrons. The van der Waals surface area contributed by atoms with Crippen molar-refractivity contribution in [3.8, 4) is 0 Å². The van der Waals surface area contributed by atoms with E-state index >= 15 is 0 Å². The predicted octanol–water partition coefficient (Wildman–Crippen LogP) is -2.62. The fourth-order valence-electron chi connectivity index (χ4n) is 3.90. The van der Waals surface area contributed by atoms with Crippen molar-refractivity contribution in [1.82, 2.24) is 25.9 Å². The van der Waals surface area contributed by atoms with Crippen molar-refractivity contribution in [2.24, 2.45) is 27.9 Å². The molecule has 2 aromatic rings. The van der Waals surface area contributed by atoms with Crippen molar-refractivity contribution in [1.29, 1.82) is 0 Å². The topological polar surface area (TPSA) is 287 Å². The van der Waals surface area contributed by atoms with Crippen molar-refractivity contribution in [2.75, 3.05) is 6.54 Å². The van der Waals surface area contributed by atoms with Gasteiger partial charge in [-0.15, -0.1) is 0 Å². The highest BCUT2D eigenvalue weighted by molar-refractivity contribution is 5.94. The number of hydrogen-bond donors (Lipinski definition) is 9. The Morgan fingerprint density at radius 2 is 1.50 bits per heavy atom.